The van der Waals surface area contributed by atoms with E-state index in [2.05, 4.69) is 17.6 Å². The van der Waals surface area contributed by atoms with Gasteiger partial charge in [-0.05, 0) is 30.9 Å². The summed E-state index contributed by atoms with van der Waals surface area (Å²) in [5, 5.41) is 5.43. The van der Waals surface area contributed by atoms with E-state index in [-0.39, 0.29) is 6.04 Å². The van der Waals surface area contributed by atoms with E-state index in [0.717, 1.165) is 19.3 Å². The summed E-state index contributed by atoms with van der Waals surface area (Å²) in [6.45, 7) is 2.12. The minimum Gasteiger partial charge on any atom is -0.345 e. The maximum absolute atomic E-state index is 11.8. The van der Waals surface area contributed by atoms with Gasteiger partial charge in [0.15, 0.2) is 0 Å². The quantitative estimate of drug-likeness (QED) is 0.802. The summed E-state index contributed by atoms with van der Waals surface area (Å²) in [6, 6.07) is 9.14. The molecule has 0 bridgehead atoms. The van der Waals surface area contributed by atoms with Crippen molar-refractivity contribution in [3.05, 3.63) is 30.3 Å². The van der Waals surface area contributed by atoms with Crippen LogP contribution in [0, 0.1) is 5.92 Å². The number of nitrogens with one attached hydrogen (secondary N) is 2. The summed E-state index contributed by atoms with van der Waals surface area (Å²) < 4.78 is 0. The lowest BCUT2D eigenvalue weighted by molar-refractivity contribution is -0.137. The molecule has 1 aromatic carbocycles. The van der Waals surface area contributed by atoms with Gasteiger partial charge in [-0.2, -0.15) is 0 Å². The number of hydrogen-bond donors (Lipinski definition) is 2. The molecule has 0 saturated heterocycles. The molecule has 1 aliphatic rings. The van der Waals surface area contributed by atoms with E-state index in [0.29, 0.717) is 11.6 Å². The van der Waals surface area contributed by atoms with Gasteiger partial charge in [-0.1, -0.05) is 38.0 Å². The van der Waals surface area contributed by atoms with Gasteiger partial charge in [0.05, 0.1) is 0 Å². The van der Waals surface area contributed by atoms with E-state index in [4.69, 9.17) is 0 Å². The Morgan fingerprint density at radius 1 is 1.05 bits per heavy atom. The maximum atomic E-state index is 11.8. The Labute approximate surface area is 113 Å². The predicted octanol–water partition coefficient (Wildman–Crippen LogP) is 2.32. The van der Waals surface area contributed by atoms with Crippen LogP contribution in [0.2, 0.25) is 0 Å². The molecule has 0 unspecified atom stereocenters. The van der Waals surface area contributed by atoms with Gasteiger partial charge in [0.25, 0.3) is 0 Å². The fraction of sp³-hybridized carbons (Fsp3) is 0.467. The third-order valence-corrected chi connectivity index (χ3v) is 3.67. The Balaban J connectivity index is 1.87. The molecular formula is C15H20N2O2. The minimum atomic E-state index is -0.594. The first-order valence-electron chi connectivity index (χ1n) is 6.83. The highest BCUT2D eigenvalue weighted by Gasteiger charge is 2.25. The average molecular weight is 260 g/mol. The molecule has 2 N–H and O–H groups in total. The third-order valence-electron chi connectivity index (χ3n) is 3.67. The summed E-state index contributed by atoms with van der Waals surface area (Å²) in [6.07, 6.45) is 4.41. The second-order valence-corrected chi connectivity index (χ2v) is 5.16. The van der Waals surface area contributed by atoms with Crippen molar-refractivity contribution in [2.75, 3.05) is 5.32 Å². The van der Waals surface area contributed by atoms with Crippen LogP contribution >= 0.6 is 0 Å². The van der Waals surface area contributed by atoms with Gasteiger partial charge in [0.1, 0.15) is 0 Å². The molecule has 1 fully saturated rings. The molecule has 2 atom stereocenters. The summed E-state index contributed by atoms with van der Waals surface area (Å²) >= 11 is 0. The van der Waals surface area contributed by atoms with Crippen molar-refractivity contribution in [1.29, 1.82) is 0 Å². The Morgan fingerprint density at radius 2 is 1.74 bits per heavy atom. The van der Waals surface area contributed by atoms with Gasteiger partial charge >= 0.3 is 11.8 Å². The Morgan fingerprint density at radius 3 is 2.42 bits per heavy atom. The van der Waals surface area contributed by atoms with Crippen LogP contribution in [-0.4, -0.2) is 17.9 Å². The van der Waals surface area contributed by atoms with E-state index in [1.54, 1.807) is 12.1 Å². The largest absolute Gasteiger partial charge is 0.345 e. The highest BCUT2D eigenvalue weighted by Crippen LogP contribution is 2.23. The SMILES string of the molecule is C[C@H]1CCCC[C@@H]1NC(=O)C(=O)Nc1ccccc1. The van der Waals surface area contributed by atoms with Crippen LogP contribution in [0.1, 0.15) is 32.6 Å². The zero-order valence-corrected chi connectivity index (χ0v) is 11.2. The normalized spacial score (nSPS) is 22.6. The number of carbonyl (C=O) groups is 2. The predicted molar refractivity (Wildman–Crippen MR) is 74.6 cm³/mol. The average Bonchev–Trinajstić information content (AvgIpc) is 2.42. The van der Waals surface area contributed by atoms with E-state index >= 15 is 0 Å². The number of hydrogen-bond acceptors (Lipinski definition) is 2. The molecule has 1 saturated carbocycles. The van der Waals surface area contributed by atoms with Crippen LogP contribution in [-0.2, 0) is 9.59 Å². The van der Waals surface area contributed by atoms with Crippen LogP contribution in [0.3, 0.4) is 0 Å². The fourth-order valence-electron chi connectivity index (χ4n) is 2.47. The first kappa shape index (κ1) is 13.6. The van der Waals surface area contributed by atoms with Crippen molar-refractivity contribution in [3.63, 3.8) is 0 Å². The Bertz CT molecular complexity index is 445. The lowest BCUT2D eigenvalue weighted by atomic mass is 9.86. The van der Waals surface area contributed by atoms with E-state index in [1.807, 2.05) is 18.2 Å². The van der Waals surface area contributed by atoms with Crippen molar-refractivity contribution in [2.45, 2.75) is 38.6 Å². The standard InChI is InChI=1S/C15H20N2O2/c1-11-7-5-6-10-13(11)17-15(19)14(18)16-12-8-3-2-4-9-12/h2-4,8-9,11,13H,5-7,10H2,1H3,(H,16,18)(H,17,19)/t11-,13-/m0/s1. The lowest BCUT2D eigenvalue weighted by Crippen LogP contribution is -2.45. The molecule has 4 heteroatoms. The molecule has 0 aromatic heterocycles. The zero-order valence-electron chi connectivity index (χ0n) is 11.2. The monoisotopic (exact) mass is 260 g/mol. The van der Waals surface area contributed by atoms with Crippen molar-refractivity contribution >= 4 is 17.5 Å². The van der Waals surface area contributed by atoms with Crippen molar-refractivity contribution in [1.82, 2.24) is 5.32 Å². The maximum Gasteiger partial charge on any atom is 0.313 e. The number of rotatable bonds is 2. The van der Waals surface area contributed by atoms with Crippen LogP contribution in [0.4, 0.5) is 5.69 Å². The van der Waals surface area contributed by atoms with Crippen LogP contribution in [0.15, 0.2) is 30.3 Å². The molecule has 0 spiro atoms. The Kier molecular flexibility index (Phi) is 4.55. The molecule has 0 aliphatic heterocycles. The molecule has 2 rings (SSSR count). The second kappa shape index (κ2) is 6.36. The van der Waals surface area contributed by atoms with E-state index in [9.17, 15) is 9.59 Å². The number of carbonyl (C=O) groups excluding carboxylic acids is 2. The molecule has 102 valence electrons. The first-order valence-corrected chi connectivity index (χ1v) is 6.83. The highest BCUT2D eigenvalue weighted by molar-refractivity contribution is 6.39. The first-order chi connectivity index (χ1) is 9.16. The van der Waals surface area contributed by atoms with E-state index < -0.39 is 11.8 Å². The molecule has 1 aromatic rings. The summed E-state index contributed by atoms with van der Waals surface area (Å²) in [7, 11) is 0. The van der Waals surface area contributed by atoms with Gasteiger partial charge in [-0.3, -0.25) is 9.59 Å². The van der Waals surface area contributed by atoms with Crippen LogP contribution < -0.4 is 10.6 Å². The molecule has 0 heterocycles. The molecule has 4 nitrogen and oxygen atoms in total. The highest BCUT2D eigenvalue weighted by atomic mass is 16.2. The third kappa shape index (κ3) is 3.81. The van der Waals surface area contributed by atoms with Crippen molar-refractivity contribution in [3.8, 4) is 0 Å². The molecule has 1 aliphatic carbocycles. The van der Waals surface area contributed by atoms with Gasteiger partial charge in [0.2, 0.25) is 0 Å². The van der Waals surface area contributed by atoms with Crippen LogP contribution in [0.5, 0.6) is 0 Å². The van der Waals surface area contributed by atoms with E-state index in [1.165, 1.54) is 6.42 Å². The summed E-state index contributed by atoms with van der Waals surface area (Å²) in [5.41, 5.74) is 0.638. The van der Waals surface area contributed by atoms with Gasteiger partial charge < -0.3 is 10.6 Å². The minimum absolute atomic E-state index is 0.128. The Hall–Kier alpha value is -1.84. The lowest BCUT2D eigenvalue weighted by Gasteiger charge is -2.29. The summed E-state index contributed by atoms with van der Waals surface area (Å²) in [4.78, 5) is 23.6. The topological polar surface area (TPSA) is 58.2 Å². The second-order valence-electron chi connectivity index (χ2n) is 5.16. The number of anilines is 1. The van der Waals surface area contributed by atoms with Gasteiger partial charge in [-0.15, -0.1) is 0 Å². The van der Waals surface area contributed by atoms with Crippen molar-refractivity contribution in [2.24, 2.45) is 5.92 Å². The van der Waals surface area contributed by atoms with Gasteiger partial charge in [0, 0.05) is 11.7 Å². The number of para-hydroxylation sites is 1. The number of amides is 2. The fourth-order valence-corrected chi connectivity index (χ4v) is 2.47. The number of benzene rings is 1. The molecule has 19 heavy (non-hydrogen) atoms. The van der Waals surface area contributed by atoms with Crippen LogP contribution in [0.25, 0.3) is 0 Å². The zero-order chi connectivity index (χ0) is 13.7. The van der Waals surface area contributed by atoms with Gasteiger partial charge in [-0.25, -0.2) is 0 Å². The molecule has 2 amide bonds. The molecular weight excluding hydrogens is 240 g/mol. The smallest absolute Gasteiger partial charge is 0.313 e. The molecule has 0 radical (unpaired) electrons. The summed E-state index contributed by atoms with van der Waals surface area (Å²) in [5.74, 6) is -0.686. The van der Waals surface area contributed by atoms with Crippen molar-refractivity contribution < 1.29 is 9.59 Å².